The standard InChI is InChI=1S/C26H34O6/c1-5-17-13-19-18-9-6-7-10-22(27)21(26(28)29)14-20(18)25(16(2)3)32-24(19)15-23(17)31-12-8-11-30-4/h13-16,25H,5-12H2,1-4H3,(H,28,29)/b21-14+. The van der Waals surface area contributed by atoms with Crippen molar-refractivity contribution in [2.75, 3.05) is 20.3 Å². The molecule has 174 valence electrons. The Morgan fingerprint density at radius 2 is 1.97 bits per heavy atom. The van der Waals surface area contributed by atoms with Crippen LogP contribution in [0, 0.1) is 5.92 Å². The Hall–Kier alpha value is -2.60. The molecule has 1 aromatic rings. The number of allylic oxidation sites excluding steroid dienone is 1. The Labute approximate surface area is 190 Å². The minimum atomic E-state index is -1.17. The fraction of sp³-hybridized carbons (Fsp3) is 0.538. The highest BCUT2D eigenvalue weighted by Gasteiger charge is 2.33. The summed E-state index contributed by atoms with van der Waals surface area (Å²) in [5, 5.41) is 9.69. The number of fused-ring (bicyclic) bond motifs is 2. The minimum absolute atomic E-state index is 0.104. The van der Waals surface area contributed by atoms with Crippen molar-refractivity contribution in [1.29, 1.82) is 0 Å². The zero-order chi connectivity index (χ0) is 23.3. The van der Waals surface area contributed by atoms with Gasteiger partial charge in [0.25, 0.3) is 0 Å². The van der Waals surface area contributed by atoms with Gasteiger partial charge in [-0.05, 0) is 60.5 Å². The van der Waals surface area contributed by atoms with E-state index >= 15 is 0 Å². The summed E-state index contributed by atoms with van der Waals surface area (Å²) in [5.74, 6) is 0.193. The van der Waals surface area contributed by atoms with E-state index in [4.69, 9.17) is 14.2 Å². The summed E-state index contributed by atoms with van der Waals surface area (Å²) in [6, 6.07) is 4.08. The van der Waals surface area contributed by atoms with Crippen molar-refractivity contribution in [1.82, 2.24) is 0 Å². The molecule has 1 unspecified atom stereocenters. The van der Waals surface area contributed by atoms with Crippen molar-refractivity contribution in [3.8, 4) is 11.5 Å². The number of ketones is 1. The topological polar surface area (TPSA) is 82.1 Å². The van der Waals surface area contributed by atoms with Gasteiger partial charge < -0.3 is 19.3 Å². The number of hydrogen-bond acceptors (Lipinski definition) is 5. The first kappa shape index (κ1) is 24.1. The lowest BCUT2D eigenvalue weighted by molar-refractivity contribution is -0.134. The lowest BCUT2D eigenvalue weighted by Crippen LogP contribution is -2.30. The van der Waals surface area contributed by atoms with Crippen LogP contribution in [-0.2, 0) is 20.7 Å². The molecular formula is C26H34O6. The van der Waals surface area contributed by atoms with Gasteiger partial charge in [0.1, 0.15) is 23.2 Å². The first-order valence-electron chi connectivity index (χ1n) is 11.5. The first-order valence-corrected chi connectivity index (χ1v) is 11.5. The summed E-state index contributed by atoms with van der Waals surface area (Å²) < 4.78 is 17.6. The van der Waals surface area contributed by atoms with E-state index in [-0.39, 0.29) is 29.8 Å². The van der Waals surface area contributed by atoms with Crippen LogP contribution in [0.4, 0.5) is 0 Å². The van der Waals surface area contributed by atoms with Crippen LogP contribution in [0.2, 0.25) is 0 Å². The summed E-state index contributed by atoms with van der Waals surface area (Å²) in [7, 11) is 1.68. The van der Waals surface area contributed by atoms with Crippen LogP contribution in [0.25, 0.3) is 5.57 Å². The summed E-state index contributed by atoms with van der Waals surface area (Å²) >= 11 is 0. The third-order valence-electron chi connectivity index (χ3n) is 6.04. The van der Waals surface area contributed by atoms with Crippen molar-refractivity contribution in [2.24, 2.45) is 5.92 Å². The van der Waals surface area contributed by atoms with Crippen LogP contribution >= 0.6 is 0 Å². The van der Waals surface area contributed by atoms with E-state index < -0.39 is 5.97 Å². The quantitative estimate of drug-likeness (QED) is 0.451. The maximum atomic E-state index is 12.5. The van der Waals surface area contributed by atoms with Gasteiger partial charge in [-0.15, -0.1) is 0 Å². The second-order valence-corrected chi connectivity index (χ2v) is 8.71. The van der Waals surface area contributed by atoms with Crippen LogP contribution in [0.15, 0.2) is 29.4 Å². The molecule has 1 aromatic carbocycles. The van der Waals surface area contributed by atoms with E-state index in [0.29, 0.717) is 19.6 Å². The molecule has 0 amide bonds. The predicted molar refractivity (Wildman–Crippen MR) is 123 cm³/mol. The van der Waals surface area contributed by atoms with Crippen molar-refractivity contribution in [2.45, 2.75) is 65.4 Å². The van der Waals surface area contributed by atoms with E-state index in [1.807, 2.05) is 19.9 Å². The molecule has 3 rings (SSSR count). The summed E-state index contributed by atoms with van der Waals surface area (Å²) in [6.45, 7) is 7.39. The molecule has 1 atom stereocenters. The Balaban J connectivity index is 2.13. The van der Waals surface area contributed by atoms with Crippen molar-refractivity contribution >= 4 is 17.3 Å². The van der Waals surface area contributed by atoms with Crippen molar-refractivity contribution < 1.29 is 28.9 Å². The van der Waals surface area contributed by atoms with Gasteiger partial charge in [-0.2, -0.15) is 0 Å². The second kappa shape index (κ2) is 10.8. The molecular weight excluding hydrogens is 408 g/mol. The minimum Gasteiger partial charge on any atom is -0.493 e. The molecule has 6 nitrogen and oxygen atoms in total. The molecule has 1 heterocycles. The summed E-state index contributed by atoms with van der Waals surface area (Å²) in [6.07, 6.45) is 5.38. The average Bonchev–Trinajstić information content (AvgIpc) is 2.84. The highest BCUT2D eigenvalue weighted by atomic mass is 16.5. The molecule has 0 radical (unpaired) electrons. The van der Waals surface area contributed by atoms with E-state index in [2.05, 4.69) is 13.0 Å². The number of aliphatic carboxylic acids is 1. The Morgan fingerprint density at radius 1 is 1.22 bits per heavy atom. The van der Waals surface area contributed by atoms with Gasteiger partial charge in [-0.3, -0.25) is 4.79 Å². The second-order valence-electron chi connectivity index (χ2n) is 8.71. The van der Waals surface area contributed by atoms with Crippen LogP contribution in [0.3, 0.4) is 0 Å². The van der Waals surface area contributed by atoms with Crippen LogP contribution in [0.1, 0.15) is 64.0 Å². The molecule has 32 heavy (non-hydrogen) atoms. The lowest BCUT2D eigenvalue weighted by Gasteiger charge is -2.33. The number of ether oxygens (including phenoxy) is 3. The predicted octanol–water partition coefficient (Wildman–Crippen LogP) is 4.99. The smallest absolute Gasteiger partial charge is 0.339 e. The maximum absolute atomic E-state index is 12.5. The Kier molecular flexibility index (Phi) is 8.13. The highest BCUT2D eigenvalue weighted by Crippen LogP contribution is 2.44. The van der Waals surface area contributed by atoms with E-state index in [0.717, 1.165) is 59.5 Å². The van der Waals surface area contributed by atoms with Crippen molar-refractivity contribution in [3.05, 3.63) is 40.5 Å². The van der Waals surface area contributed by atoms with Crippen LogP contribution < -0.4 is 9.47 Å². The first-order chi connectivity index (χ1) is 15.4. The SMILES string of the molecule is CCc1cc2c(cc1OCCCOC)OC(C(C)C)C1=C2CCCCC(=O)/C(C(=O)O)=C\1. The summed E-state index contributed by atoms with van der Waals surface area (Å²) in [5.41, 5.74) is 3.81. The van der Waals surface area contributed by atoms with Gasteiger partial charge in [0.05, 0.1) is 6.61 Å². The number of Topliss-reactive ketones (excluding diaryl/α,β-unsaturated/α-hetero) is 1. The largest absolute Gasteiger partial charge is 0.493 e. The zero-order valence-electron chi connectivity index (χ0n) is 19.5. The number of aryl methyl sites for hydroxylation is 1. The monoisotopic (exact) mass is 442 g/mol. The Morgan fingerprint density at radius 3 is 2.62 bits per heavy atom. The number of carboxylic acids is 1. The van der Waals surface area contributed by atoms with Crippen LogP contribution in [0.5, 0.6) is 11.5 Å². The van der Waals surface area contributed by atoms with Crippen LogP contribution in [-0.4, -0.2) is 43.3 Å². The summed E-state index contributed by atoms with van der Waals surface area (Å²) in [4.78, 5) is 24.4. The number of rotatable bonds is 8. The lowest BCUT2D eigenvalue weighted by atomic mass is 9.84. The number of hydrogen-bond donors (Lipinski definition) is 1. The highest BCUT2D eigenvalue weighted by molar-refractivity contribution is 6.17. The molecule has 0 fully saturated rings. The molecule has 2 aliphatic rings. The number of benzene rings is 1. The number of methoxy groups -OCH3 is 1. The molecule has 1 N–H and O–H groups in total. The molecule has 0 bridgehead atoms. The fourth-order valence-electron chi connectivity index (χ4n) is 4.35. The third-order valence-corrected chi connectivity index (χ3v) is 6.04. The zero-order valence-corrected chi connectivity index (χ0v) is 19.5. The van der Waals surface area contributed by atoms with Crippen molar-refractivity contribution in [3.63, 3.8) is 0 Å². The van der Waals surface area contributed by atoms with Gasteiger partial charge in [0.2, 0.25) is 0 Å². The normalized spacial score (nSPS) is 20.3. The van der Waals surface area contributed by atoms with E-state index in [1.165, 1.54) is 0 Å². The van der Waals surface area contributed by atoms with Gasteiger partial charge in [0, 0.05) is 38.2 Å². The molecule has 0 spiro atoms. The van der Waals surface area contributed by atoms with E-state index in [1.54, 1.807) is 13.2 Å². The van der Waals surface area contributed by atoms with Gasteiger partial charge in [-0.1, -0.05) is 20.8 Å². The molecule has 0 aromatic heterocycles. The average molecular weight is 443 g/mol. The fourth-order valence-corrected chi connectivity index (χ4v) is 4.35. The third kappa shape index (κ3) is 5.23. The molecule has 6 heteroatoms. The molecule has 1 aliphatic carbocycles. The van der Waals surface area contributed by atoms with E-state index in [9.17, 15) is 14.7 Å². The van der Waals surface area contributed by atoms with Gasteiger partial charge >= 0.3 is 5.97 Å². The number of carbonyl (C=O) groups is 2. The van der Waals surface area contributed by atoms with Gasteiger partial charge in [0.15, 0.2) is 5.78 Å². The number of carbonyl (C=O) groups excluding carboxylic acids is 1. The molecule has 0 saturated carbocycles. The maximum Gasteiger partial charge on any atom is 0.339 e. The molecule has 1 aliphatic heterocycles. The Bertz CT molecular complexity index is 924. The molecule has 0 saturated heterocycles. The van der Waals surface area contributed by atoms with Gasteiger partial charge in [-0.25, -0.2) is 4.79 Å². The number of carboxylic acid groups (broad SMARTS) is 1.